The number of methoxy groups -OCH3 is 1. The van der Waals surface area contributed by atoms with E-state index in [2.05, 4.69) is 15.4 Å². The van der Waals surface area contributed by atoms with Crippen molar-refractivity contribution in [3.8, 4) is 11.3 Å². The van der Waals surface area contributed by atoms with E-state index >= 15 is 0 Å². The number of aromatic nitrogens is 3. The molecular formula is C31H31N3O6. The van der Waals surface area contributed by atoms with E-state index < -0.39 is 36.8 Å². The minimum absolute atomic E-state index is 0.0633. The van der Waals surface area contributed by atoms with Crippen LogP contribution in [0.25, 0.3) is 11.3 Å². The molecule has 3 aromatic carbocycles. The molecule has 3 heterocycles. The highest BCUT2D eigenvalue weighted by Gasteiger charge is 2.51. The molecule has 6 rings (SSSR count). The maximum Gasteiger partial charge on any atom is 0.185 e. The van der Waals surface area contributed by atoms with E-state index in [0.29, 0.717) is 18.9 Å². The molecular weight excluding hydrogens is 510 g/mol. The molecule has 4 aromatic rings. The second-order valence-corrected chi connectivity index (χ2v) is 9.89. The molecule has 1 unspecified atom stereocenters. The molecule has 6 atom stereocenters. The van der Waals surface area contributed by atoms with Gasteiger partial charge >= 0.3 is 0 Å². The maximum atomic E-state index is 13.7. The molecule has 1 aromatic heterocycles. The van der Waals surface area contributed by atoms with Crippen LogP contribution in [0.5, 0.6) is 0 Å². The zero-order valence-electron chi connectivity index (χ0n) is 22.1. The van der Waals surface area contributed by atoms with Crippen molar-refractivity contribution in [2.45, 2.75) is 43.9 Å². The third-order valence-corrected chi connectivity index (χ3v) is 7.33. The number of nitrogens with zero attached hydrogens (tertiary/aromatic N) is 2. The topological polar surface area (TPSA) is 105 Å². The quantitative estimate of drug-likeness (QED) is 0.303. The average molecular weight is 542 g/mol. The standard InChI is InChI=1S/C31H31N3O6/c1-36-31-23(17-24(35)27-26(32-34-33-27)21-13-7-3-8-14-21)28(37-18-20-11-5-2-6-12-20)29-25(39-31)19-38-30(40-29)22-15-9-4-10-16-22/h2-16,23,25,28-31H,17-19H2,1H3,(H,32,33,34)/t23-,25+,28-,29+,30?,31-/m0/s1. The normalized spacial score (nSPS) is 26.2. The fourth-order valence-corrected chi connectivity index (χ4v) is 5.37. The lowest BCUT2D eigenvalue weighted by Gasteiger charge is -2.49. The minimum atomic E-state index is -0.710. The molecule has 0 aliphatic carbocycles. The van der Waals surface area contributed by atoms with E-state index in [0.717, 1.165) is 16.7 Å². The molecule has 2 aliphatic rings. The highest BCUT2D eigenvalue weighted by molar-refractivity contribution is 5.99. The lowest BCUT2D eigenvalue weighted by atomic mass is 9.85. The number of carbonyl (C=O) groups is 1. The first-order valence-electron chi connectivity index (χ1n) is 13.4. The molecule has 40 heavy (non-hydrogen) atoms. The van der Waals surface area contributed by atoms with Gasteiger partial charge < -0.3 is 23.7 Å². The Morgan fingerprint density at radius 2 is 1.62 bits per heavy atom. The van der Waals surface area contributed by atoms with E-state index in [-0.39, 0.29) is 17.9 Å². The van der Waals surface area contributed by atoms with E-state index in [9.17, 15) is 4.79 Å². The highest BCUT2D eigenvalue weighted by Crippen LogP contribution is 2.40. The van der Waals surface area contributed by atoms with Crippen molar-refractivity contribution in [2.24, 2.45) is 5.92 Å². The average Bonchev–Trinajstić information content (AvgIpc) is 3.52. The van der Waals surface area contributed by atoms with Crippen LogP contribution in [0.2, 0.25) is 0 Å². The van der Waals surface area contributed by atoms with Crippen molar-refractivity contribution >= 4 is 5.78 Å². The molecule has 2 saturated heterocycles. The van der Waals surface area contributed by atoms with Crippen molar-refractivity contribution in [3.63, 3.8) is 0 Å². The summed E-state index contributed by atoms with van der Waals surface area (Å²) in [5, 5.41) is 11.1. The largest absolute Gasteiger partial charge is 0.370 e. The number of Topliss-reactive ketones (excluding diaryl/α,β-unsaturated/α-hetero) is 1. The Kier molecular flexibility index (Phi) is 8.08. The summed E-state index contributed by atoms with van der Waals surface area (Å²) in [7, 11) is 1.57. The molecule has 0 bridgehead atoms. The number of nitrogens with one attached hydrogen (secondary N) is 1. The molecule has 0 saturated carbocycles. The molecule has 0 amide bonds. The monoisotopic (exact) mass is 541 g/mol. The Labute approximate surface area is 232 Å². The van der Waals surface area contributed by atoms with Gasteiger partial charge in [-0.2, -0.15) is 15.4 Å². The fourth-order valence-electron chi connectivity index (χ4n) is 5.37. The van der Waals surface area contributed by atoms with Crippen LogP contribution in [-0.2, 0) is 30.3 Å². The van der Waals surface area contributed by atoms with E-state index in [1.807, 2.05) is 91.0 Å². The van der Waals surface area contributed by atoms with Crippen LogP contribution in [0.15, 0.2) is 91.0 Å². The fraction of sp³-hybridized carbons (Fsp3) is 0.323. The molecule has 1 N–H and O–H groups in total. The number of hydrogen-bond donors (Lipinski definition) is 1. The number of aromatic amines is 1. The number of carbonyl (C=O) groups excluding carboxylic acids is 1. The van der Waals surface area contributed by atoms with Crippen LogP contribution in [0.4, 0.5) is 0 Å². The Hall–Kier alpha value is -3.73. The van der Waals surface area contributed by atoms with Crippen LogP contribution in [0.1, 0.15) is 34.3 Å². The lowest BCUT2D eigenvalue weighted by Crippen LogP contribution is -2.60. The van der Waals surface area contributed by atoms with Gasteiger partial charge in [0.1, 0.15) is 17.9 Å². The summed E-state index contributed by atoms with van der Waals surface area (Å²) in [6.45, 7) is 0.646. The zero-order valence-corrected chi connectivity index (χ0v) is 22.1. The second kappa shape index (κ2) is 12.2. The van der Waals surface area contributed by atoms with Gasteiger partial charge in [0.15, 0.2) is 24.1 Å². The number of ether oxygens (including phenoxy) is 5. The number of benzene rings is 3. The van der Waals surface area contributed by atoms with Crippen LogP contribution in [-0.4, -0.2) is 59.5 Å². The first-order valence-corrected chi connectivity index (χ1v) is 13.4. The molecule has 2 aliphatic heterocycles. The lowest BCUT2D eigenvalue weighted by molar-refractivity contribution is -0.355. The smallest absolute Gasteiger partial charge is 0.185 e. The predicted molar refractivity (Wildman–Crippen MR) is 145 cm³/mol. The Balaban J connectivity index is 1.29. The first kappa shape index (κ1) is 26.5. The van der Waals surface area contributed by atoms with E-state index in [1.54, 1.807) is 7.11 Å². The molecule has 9 nitrogen and oxygen atoms in total. The number of ketones is 1. The third kappa shape index (κ3) is 5.60. The molecule has 0 spiro atoms. The van der Waals surface area contributed by atoms with Crippen LogP contribution >= 0.6 is 0 Å². The summed E-state index contributed by atoms with van der Waals surface area (Å²) >= 11 is 0. The van der Waals surface area contributed by atoms with Gasteiger partial charge in [0.2, 0.25) is 0 Å². The summed E-state index contributed by atoms with van der Waals surface area (Å²) in [6.07, 6.45) is -2.66. The van der Waals surface area contributed by atoms with Crippen molar-refractivity contribution in [3.05, 3.63) is 108 Å². The van der Waals surface area contributed by atoms with Gasteiger partial charge in [-0.05, 0) is 5.56 Å². The van der Waals surface area contributed by atoms with Crippen molar-refractivity contribution in [1.29, 1.82) is 0 Å². The molecule has 2 fully saturated rings. The van der Waals surface area contributed by atoms with Crippen molar-refractivity contribution in [2.75, 3.05) is 13.7 Å². The van der Waals surface area contributed by atoms with Gasteiger partial charge in [0, 0.05) is 30.6 Å². The molecule has 206 valence electrons. The van der Waals surface area contributed by atoms with Gasteiger partial charge in [0.25, 0.3) is 0 Å². The number of rotatable bonds is 9. The van der Waals surface area contributed by atoms with Gasteiger partial charge in [0.05, 0.1) is 19.3 Å². The van der Waals surface area contributed by atoms with Crippen molar-refractivity contribution in [1.82, 2.24) is 15.4 Å². The van der Waals surface area contributed by atoms with Crippen molar-refractivity contribution < 1.29 is 28.5 Å². The van der Waals surface area contributed by atoms with Gasteiger partial charge in [-0.25, -0.2) is 0 Å². The summed E-state index contributed by atoms with van der Waals surface area (Å²) < 4.78 is 31.2. The third-order valence-electron chi connectivity index (χ3n) is 7.33. The van der Waals surface area contributed by atoms with Gasteiger partial charge in [-0.3, -0.25) is 4.79 Å². The van der Waals surface area contributed by atoms with Crippen LogP contribution in [0.3, 0.4) is 0 Å². The highest BCUT2D eigenvalue weighted by atomic mass is 16.7. The van der Waals surface area contributed by atoms with Crippen LogP contribution < -0.4 is 0 Å². The number of H-pyrrole nitrogens is 1. The second-order valence-electron chi connectivity index (χ2n) is 9.89. The first-order chi connectivity index (χ1) is 19.7. The summed E-state index contributed by atoms with van der Waals surface area (Å²) in [5.41, 5.74) is 3.49. The Morgan fingerprint density at radius 3 is 2.35 bits per heavy atom. The Bertz CT molecular complexity index is 1380. The zero-order chi connectivity index (χ0) is 27.3. The summed E-state index contributed by atoms with van der Waals surface area (Å²) in [5.74, 6) is -0.668. The number of fused-ring (bicyclic) bond motifs is 1. The summed E-state index contributed by atoms with van der Waals surface area (Å²) in [6, 6.07) is 29.2. The van der Waals surface area contributed by atoms with E-state index in [4.69, 9.17) is 23.7 Å². The van der Waals surface area contributed by atoms with Crippen LogP contribution in [0, 0.1) is 5.92 Å². The SMILES string of the molecule is CO[C@H]1O[C@@H]2COC(c3ccccc3)O[C@H]2[C@@H](OCc2ccccc2)[C@@H]1CC(=O)c1n[nH]nc1-c1ccccc1. The minimum Gasteiger partial charge on any atom is -0.370 e. The van der Waals surface area contributed by atoms with E-state index in [1.165, 1.54) is 0 Å². The molecule has 0 radical (unpaired) electrons. The maximum absolute atomic E-state index is 13.7. The van der Waals surface area contributed by atoms with Gasteiger partial charge in [-0.1, -0.05) is 91.0 Å². The summed E-state index contributed by atoms with van der Waals surface area (Å²) in [4.78, 5) is 13.7. The molecule has 9 heteroatoms. The number of hydrogen-bond acceptors (Lipinski definition) is 8. The Morgan fingerprint density at radius 1 is 0.925 bits per heavy atom. The predicted octanol–water partition coefficient (Wildman–Crippen LogP) is 4.73. The van der Waals surface area contributed by atoms with Gasteiger partial charge in [-0.15, -0.1) is 0 Å².